The van der Waals surface area contributed by atoms with Crippen LogP contribution in [-0.4, -0.2) is 28.1 Å². The Labute approximate surface area is 105 Å². The van der Waals surface area contributed by atoms with E-state index in [2.05, 4.69) is 15.6 Å². The summed E-state index contributed by atoms with van der Waals surface area (Å²) < 4.78 is 0. The first-order valence-corrected chi connectivity index (χ1v) is 5.79. The van der Waals surface area contributed by atoms with E-state index in [1.165, 1.54) is 18.3 Å². The first-order chi connectivity index (χ1) is 8.52. The number of nitrogens with zero attached hydrogens (tertiary/aromatic N) is 1. The quantitative estimate of drug-likeness (QED) is 0.747. The molecule has 1 heterocycles. The number of hydrogen-bond donors (Lipinski definition) is 3. The molecule has 1 unspecified atom stereocenters. The van der Waals surface area contributed by atoms with Crippen LogP contribution in [0.25, 0.3) is 0 Å². The number of hydrogen-bond acceptors (Lipinski definition) is 3. The molecule has 1 atom stereocenters. The molecular formula is C12H17N3O3. The van der Waals surface area contributed by atoms with Gasteiger partial charge in [0.1, 0.15) is 5.69 Å². The van der Waals surface area contributed by atoms with Gasteiger partial charge < -0.3 is 15.7 Å². The third-order valence-electron chi connectivity index (χ3n) is 2.34. The van der Waals surface area contributed by atoms with E-state index >= 15 is 0 Å². The van der Waals surface area contributed by atoms with Crippen molar-refractivity contribution < 1.29 is 14.7 Å². The van der Waals surface area contributed by atoms with Crippen LogP contribution in [0.3, 0.4) is 0 Å². The van der Waals surface area contributed by atoms with Crippen molar-refractivity contribution in [3.05, 3.63) is 24.0 Å². The minimum Gasteiger partial charge on any atom is -0.477 e. The molecular weight excluding hydrogens is 234 g/mol. The Morgan fingerprint density at radius 3 is 2.67 bits per heavy atom. The molecule has 0 saturated carbocycles. The van der Waals surface area contributed by atoms with Crippen molar-refractivity contribution in [2.45, 2.75) is 32.7 Å². The Balaban J connectivity index is 2.51. The lowest BCUT2D eigenvalue weighted by molar-refractivity contribution is 0.0690. The van der Waals surface area contributed by atoms with Crippen LogP contribution in [0.5, 0.6) is 0 Å². The number of aromatic carboxylic acids is 1. The summed E-state index contributed by atoms with van der Waals surface area (Å²) in [6.45, 7) is 3.97. The van der Waals surface area contributed by atoms with Gasteiger partial charge in [0.2, 0.25) is 0 Å². The molecule has 2 amide bonds. The zero-order valence-corrected chi connectivity index (χ0v) is 10.4. The first-order valence-electron chi connectivity index (χ1n) is 5.79. The fraction of sp³-hybridized carbons (Fsp3) is 0.417. The molecule has 6 heteroatoms. The average molecular weight is 251 g/mol. The van der Waals surface area contributed by atoms with Gasteiger partial charge in [-0.3, -0.25) is 0 Å². The number of amides is 2. The number of carbonyl (C=O) groups excluding carboxylic acids is 1. The SMILES string of the molecule is CCCC(C)NC(=O)Nc1ccc(C(=O)O)nc1. The van der Waals surface area contributed by atoms with E-state index in [1.807, 2.05) is 13.8 Å². The number of rotatable bonds is 5. The van der Waals surface area contributed by atoms with Crippen LogP contribution in [0.1, 0.15) is 37.2 Å². The Kier molecular flexibility index (Phi) is 5.10. The second-order valence-corrected chi connectivity index (χ2v) is 4.03. The van der Waals surface area contributed by atoms with E-state index in [0.717, 1.165) is 12.8 Å². The van der Waals surface area contributed by atoms with Gasteiger partial charge in [-0.05, 0) is 25.5 Å². The van der Waals surface area contributed by atoms with E-state index in [9.17, 15) is 9.59 Å². The molecule has 0 fully saturated rings. The highest BCUT2D eigenvalue weighted by Crippen LogP contribution is 2.06. The molecule has 6 nitrogen and oxygen atoms in total. The molecule has 1 aromatic heterocycles. The second-order valence-electron chi connectivity index (χ2n) is 4.03. The van der Waals surface area contributed by atoms with Crippen molar-refractivity contribution >= 4 is 17.7 Å². The summed E-state index contributed by atoms with van der Waals surface area (Å²) in [5, 5.41) is 14.0. The predicted octanol–water partition coefficient (Wildman–Crippen LogP) is 2.09. The zero-order chi connectivity index (χ0) is 13.5. The maximum Gasteiger partial charge on any atom is 0.354 e. The summed E-state index contributed by atoms with van der Waals surface area (Å²) in [6, 6.07) is 2.62. The topological polar surface area (TPSA) is 91.3 Å². The van der Waals surface area contributed by atoms with Gasteiger partial charge in [0.25, 0.3) is 0 Å². The van der Waals surface area contributed by atoms with Crippen molar-refractivity contribution in [2.75, 3.05) is 5.32 Å². The molecule has 0 aliphatic heterocycles. The summed E-state index contributed by atoms with van der Waals surface area (Å²) in [7, 11) is 0. The van der Waals surface area contributed by atoms with Crippen LogP contribution in [0.4, 0.5) is 10.5 Å². The third kappa shape index (κ3) is 4.40. The highest BCUT2D eigenvalue weighted by Gasteiger charge is 2.08. The van der Waals surface area contributed by atoms with Crippen LogP contribution in [0.2, 0.25) is 0 Å². The Morgan fingerprint density at radius 2 is 2.17 bits per heavy atom. The van der Waals surface area contributed by atoms with Gasteiger partial charge in [-0.15, -0.1) is 0 Å². The monoisotopic (exact) mass is 251 g/mol. The third-order valence-corrected chi connectivity index (χ3v) is 2.34. The summed E-state index contributed by atoms with van der Waals surface area (Å²) in [4.78, 5) is 25.8. The number of anilines is 1. The van der Waals surface area contributed by atoms with E-state index in [1.54, 1.807) is 0 Å². The molecule has 0 aliphatic carbocycles. The van der Waals surface area contributed by atoms with Gasteiger partial charge in [-0.25, -0.2) is 14.6 Å². The van der Waals surface area contributed by atoms with E-state index < -0.39 is 5.97 Å². The summed E-state index contributed by atoms with van der Waals surface area (Å²) >= 11 is 0. The van der Waals surface area contributed by atoms with Gasteiger partial charge in [0, 0.05) is 6.04 Å². The van der Waals surface area contributed by atoms with Crippen molar-refractivity contribution in [3.8, 4) is 0 Å². The van der Waals surface area contributed by atoms with Gasteiger partial charge in [-0.2, -0.15) is 0 Å². The molecule has 0 aromatic carbocycles. The van der Waals surface area contributed by atoms with Crippen LogP contribution >= 0.6 is 0 Å². The van der Waals surface area contributed by atoms with E-state index in [0.29, 0.717) is 5.69 Å². The summed E-state index contributed by atoms with van der Waals surface area (Å²) in [5.41, 5.74) is 0.404. The molecule has 0 spiro atoms. The maximum absolute atomic E-state index is 11.6. The molecule has 1 rings (SSSR count). The van der Waals surface area contributed by atoms with E-state index in [-0.39, 0.29) is 17.8 Å². The first kappa shape index (κ1) is 14.0. The van der Waals surface area contributed by atoms with Gasteiger partial charge >= 0.3 is 12.0 Å². The lowest BCUT2D eigenvalue weighted by atomic mass is 10.2. The number of carbonyl (C=O) groups is 2. The average Bonchev–Trinajstić information content (AvgIpc) is 2.29. The molecule has 0 saturated heterocycles. The largest absolute Gasteiger partial charge is 0.477 e. The number of nitrogens with one attached hydrogen (secondary N) is 2. The number of urea groups is 1. The number of carboxylic acids is 1. The van der Waals surface area contributed by atoms with Crippen LogP contribution in [0, 0.1) is 0 Å². The normalized spacial score (nSPS) is 11.7. The number of pyridine rings is 1. The van der Waals surface area contributed by atoms with E-state index in [4.69, 9.17) is 5.11 Å². The molecule has 0 bridgehead atoms. The van der Waals surface area contributed by atoms with Crippen molar-refractivity contribution in [1.82, 2.24) is 10.3 Å². The number of carboxylic acid groups (broad SMARTS) is 1. The van der Waals surface area contributed by atoms with Gasteiger partial charge in [0.05, 0.1) is 11.9 Å². The lowest BCUT2D eigenvalue weighted by Crippen LogP contribution is -2.35. The standard InChI is InChI=1S/C12H17N3O3/c1-3-4-8(2)14-12(18)15-9-5-6-10(11(16)17)13-7-9/h5-8H,3-4H2,1-2H3,(H,16,17)(H2,14,15,18). The summed E-state index contributed by atoms with van der Waals surface area (Å²) in [5.74, 6) is -1.09. The molecule has 98 valence electrons. The Bertz CT molecular complexity index is 417. The second kappa shape index (κ2) is 6.58. The van der Waals surface area contributed by atoms with Crippen molar-refractivity contribution in [2.24, 2.45) is 0 Å². The molecule has 18 heavy (non-hydrogen) atoms. The van der Waals surface area contributed by atoms with Crippen molar-refractivity contribution in [1.29, 1.82) is 0 Å². The lowest BCUT2D eigenvalue weighted by Gasteiger charge is -2.13. The molecule has 1 aromatic rings. The smallest absolute Gasteiger partial charge is 0.354 e. The minimum atomic E-state index is -1.09. The van der Waals surface area contributed by atoms with Gasteiger partial charge in [0.15, 0.2) is 0 Å². The highest BCUT2D eigenvalue weighted by molar-refractivity contribution is 5.90. The Hall–Kier alpha value is -2.11. The predicted molar refractivity (Wildman–Crippen MR) is 67.7 cm³/mol. The summed E-state index contributed by atoms with van der Waals surface area (Å²) in [6.07, 6.45) is 3.22. The zero-order valence-electron chi connectivity index (χ0n) is 10.4. The fourth-order valence-corrected chi connectivity index (χ4v) is 1.49. The van der Waals surface area contributed by atoms with Crippen LogP contribution in [-0.2, 0) is 0 Å². The van der Waals surface area contributed by atoms with Crippen LogP contribution in [0.15, 0.2) is 18.3 Å². The number of aromatic nitrogens is 1. The van der Waals surface area contributed by atoms with Crippen molar-refractivity contribution in [3.63, 3.8) is 0 Å². The van der Waals surface area contributed by atoms with Gasteiger partial charge in [-0.1, -0.05) is 13.3 Å². The highest BCUT2D eigenvalue weighted by atomic mass is 16.4. The fourth-order valence-electron chi connectivity index (χ4n) is 1.49. The molecule has 0 radical (unpaired) electrons. The molecule has 3 N–H and O–H groups in total. The maximum atomic E-state index is 11.6. The molecule has 0 aliphatic rings. The minimum absolute atomic E-state index is 0.0553. The van der Waals surface area contributed by atoms with Crippen LogP contribution < -0.4 is 10.6 Å². The Morgan fingerprint density at radius 1 is 1.44 bits per heavy atom.